The van der Waals surface area contributed by atoms with Gasteiger partial charge in [0, 0.05) is 44.8 Å². The second kappa shape index (κ2) is 11.4. The van der Waals surface area contributed by atoms with Crippen LogP contribution in [0.3, 0.4) is 0 Å². The van der Waals surface area contributed by atoms with Crippen LogP contribution in [-0.4, -0.2) is 59.9 Å². The third-order valence-corrected chi connectivity index (χ3v) is 5.41. The zero-order valence-corrected chi connectivity index (χ0v) is 18.1. The molecule has 2 aromatic carbocycles. The number of carbonyl (C=O) groups is 1. The van der Waals surface area contributed by atoms with Crippen LogP contribution in [0, 0.1) is 10.1 Å². The van der Waals surface area contributed by atoms with Gasteiger partial charge in [0.05, 0.1) is 4.92 Å². The molecular weight excluding hydrogens is 412 g/mol. The Labute approximate surface area is 187 Å². The molecule has 1 aliphatic rings. The van der Waals surface area contributed by atoms with Gasteiger partial charge in [0.2, 0.25) is 0 Å². The van der Waals surface area contributed by atoms with Gasteiger partial charge in [0.1, 0.15) is 12.4 Å². The Kier molecular flexibility index (Phi) is 8.35. The summed E-state index contributed by atoms with van der Waals surface area (Å²) in [4.78, 5) is 23.9. The van der Waals surface area contributed by atoms with Gasteiger partial charge in [-0.05, 0) is 54.3 Å². The molecule has 1 N–H and O–H groups in total. The molecule has 1 atom stereocenters. The Hall–Kier alpha value is -3.23. The van der Waals surface area contributed by atoms with Crippen molar-refractivity contribution >= 4 is 17.2 Å². The van der Waals surface area contributed by atoms with Crippen LogP contribution in [0.1, 0.15) is 24.5 Å². The van der Waals surface area contributed by atoms with E-state index in [1.807, 2.05) is 24.3 Å². The molecule has 0 fully saturated rings. The van der Waals surface area contributed by atoms with E-state index in [0.29, 0.717) is 19.6 Å². The van der Waals surface area contributed by atoms with Gasteiger partial charge in [-0.15, -0.1) is 0 Å². The molecule has 2 aromatic rings. The van der Waals surface area contributed by atoms with Crippen molar-refractivity contribution in [3.05, 3.63) is 75.8 Å². The minimum Gasteiger partial charge on any atom is -0.492 e. The maximum Gasteiger partial charge on any atom is 0.333 e. The van der Waals surface area contributed by atoms with E-state index in [-0.39, 0.29) is 10.6 Å². The average molecular weight is 440 g/mol. The van der Waals surface area contributed by atoms with Gasteiger partial charge in [0.25, 0.3) is 5.69 Å². The first-order valence-electron chi connectivity index (χ1n) is 10.7. The van der Waals surface area contributed by atoms with E-state index in [0.717, 1.165) is 42.9 Å². The Morgan fingerprint density at radius 1 is 1.19 bits per heavy atom. The van der Waals surface area contributed by atoms with E-state index in [2.05, 4.69) is 11.0 Å². The molecule has 0 aromatic heterocycles. The molecule has 1 heterocycles. The lowest BCUT2D eigenvalue weighted by Crippen LogP contribution is -2.32. The molecule has 3 rings (SSSR count). The molecule has 0 aliphatic carbocycles. The number of nitrogens with zero attached hydrogens (tertiary/aromatic N) is 2. The van der Waals surface area contributed by atoms with Crippen molar-refractivity contribution in [3.63, 3.8) is 0 Å². The van der Waals surface area contributed by atoms with Gasteiger partial charge in [-0.2, -0.15) is 0 Å². The lowest BCUT2D eigenvalue weighted by atomic mass is 9.99. The third-order valence-electron chi connectivity index (χ3n) is 5.41. The van der Waals surface area contributed by atoms with Crippen molar-refractivity contribution in [1.82, 2.24) is 4.90 Å². The Bertz CT molecular complexity index is 940. The lowest BCUT2D eigenvalue weighted by Gasteiger charge is -2.26. The number of benzene rings is 2. The molecular formula is C24H28N2O6. The fourth-order valence-corrected chi connectivity index (χ4v) is 3.62. The molecule has 8 nitrogen and oxygen atoms in total. The van der Waals surface area contributed by atoms with Gasteiger partial charge in [-0.25, -0.2) is 4.79 Å². The summed E-state index contributed by atoms with van der Waals surface area (Å²) in [7, 11) is 0. The summed E-state index contributed by atoms with van der Waals surface area (Å²) in [5, 5.41) is 20.0. The largest absolute Gasteiger partial charge is 0.492 e. The highest BCUT2D eigenvalue weighted by Gasteiger charge is 2.18. The summed E-state index contributed by atoms with van der Waals surface area (Å²) in [6, 6.07) is 14.1. The Balaban J connectivity index is 1.43. The standard InChI is InChI=1S/C24H28N2O6/c1-2-31-23(24(27)28)17-18-3-9-22(10-4-18)32-16-15-25-13-11-20(12-14-25)19-5-7-21(8-6-19)26(29)30/h3-11,23H,2,12-17H2,1H3,(H,27,28). The zero-order chi connectivity index (χ0) is 22.9. The first-order valence-corrected chi connectivity index (χ1v) is 10.7. The highest BCUT2D eigenvalue weighted by Crippen LogP contribution is 2.24. The van der Waals surface area contributed by atoms with Crippen molar-refractivity contribution in [2.75, 3.05) is 32.8 Å². The Morgan fingerprint density at radius 2 is 1.91 bits per heavy atom. The van der Waals surface area contributed by atoms with Crippen molar-refractivity contribution < 1.29 is 24.3 Å². The molecule has 32 heavy (non-hydrogen) atoms. The van der Waals surface area contributed by atoms with E-state index < -0.39 is 12.1 Å². The number of carboxylic acid groups (broad SMARTS) is 1. The van der Waals surface area contributed by atoms with Crippen molar-refractivity contribution in [2.24, 2.45) is 0 Å². The molecule has 170 valence electrons. The fraction of sp³-hybridized carbons (Fsp3) is 0.375. The molecule has 8 heteroatoms. The number of hydrogen-bond acceptors (Lipinski definition) is 6. The zero-order valence-electron chi connectivity index (χ0n) is 18.1. The van der Waals surface area contributed by atoms with Crippen LogP contribution in [0.25, 0.3) is 5.57 Å². The monoisotopic (exact) mass is 440 g/mol. The summed E-state index contributed by atoms with van der Waals surface area (Å²) in [6.07, 6.45) is 2.53. The number of non-ortho nitro benzene ring substituents is 1. The number of nitro groups is 1. The van der Waals surface area contributed by atoms with E-state index in [1.165, 1.54) is 5.57 Å². The molecule has 1 unspecified atom stereocenters. The van der Waals surface area contributed by atoms with Crippen LogP contribution < -0.4 is 4.74 Å². The highest BCUT2D eigenvalue weighted by molar-refractivity contribution is 5.72. The maximum atomic E-state index is 11.2. The maximum absolute atomic E-state index is 11.2. The molecule has 0 saturated carbocycles. The van der Waals surface area contributed by atoms with Gasteiger partial charge >= 0.3 is 5.97 Å². The van der Waals surface area contributed by atoms with Gasteiger partial charge < -0.3 is 14.6 Å². The fourth-order valence-electron chi connectivity index (χ4n) is 3.62. The van der Waals surface area contributed by atoms with Gasteiger partial charge in [0.15, 0.2) is 6.10 Å². The van der Waals surface area contributed by atoms with Crippen LogP contribution in [0.5, 0.6) is 5.75 Å². The summed E-state index contributed by atoms with van der Waals surface area (Å²) < 4.78 is 11.1. The van der Waals surface area contributed by atoms with Crippen molar-refractivity contribution in [1.29, 1.82) is 0 Å². The van der Waals surface area contributed by atoms with Crippen LogP contribution in [0.4, 0.5) is 5.69 Å². The number of hydrogen-bond donors (Lipinski definition) is 1. The predicted molar refractivity (Wildman–Crippen MR) is 121 cm³/mol. The first kappa shape index (κ1) is 23.4. The van der Waals surface area contributed by atoms with Crippen LogP contribution in [0.15, 0.2) is 54.6 Å². The normalized spacial score (nSPS) is 15.1. The smallest absolute Gasteiger partial charge is 0.333 e. The minimum absolute atomic E-state index is 0.105. The van der Waals surface area contributed by atoms with Crippen LogP contribution >= 0.6 is 0 Å². The highest BCUT2D eigenvalue weighted by atomic mass is 16.6. The lowest BCUT2D eigenvalue weighted by molar-refractivity contribution is -0.384. The molecule has 0 saturated heterocycles. The second-order valence-electron chi connectivity index (χ2n) is 7.56. The number of aliphatic carboxylic acids is 1. The number of nitro benzene ring substituents is 1. The van der Waals surface area contributed by atoms with Crippen molar-refractivity contribution in [2.45, 2.75) is 25.9 Å². The second-order valence-corrected chi connectivity index (χ2v) is 7.56. The molecule has 1 aliphatic heterocycles. The molecule has 0 amide bonds. The summed E-state index contributed by atoms with van der Waals surface area (Å²) in [5.41, 5.74) is 3.23. The van der Waals surface area contributed by atoms with E-state index >= 15 is 0 Å². The molecule has 0 spiro atoms. The summed E-state index contributed by atoms with van der Waals surface area (Å²) in [5.74, 6) is -0.212. The molecule has 0 radical (unpaired) electrons. The molecule has 0 bridgehead atoms. The number of carboxylic acids is 1. The summed E-state index contributed by atoms with van der Waals surface area (Å²) in [6.45, 7) is 5.19. The number of rotatable bonds is 11. The first-order chi connectivity index (χ1) is 15.5. The number of ether oxygens (including phenoxy) is 2. The van der Waals surface area contributed by atoms with Gasteiger partial charge in [-0.3, -0.25) is 15.0 Å². The van der Waals surface area contributed by atoms with E-state index in [4.69, 9.17) is 9.47 Å². The van der Waals surface area contributed by atoms with Crippen LogP contribution in [-0.2, 0) is 16.0 Å². The quantitative estimate of drug-likeness (QED) is 0.419. The van der Waals surface area contributed by atoms with E-state index in [9.17, 15) is 20.0 Å². The van der Waals surface area contributed by atoms with Crippen LogP contribution in [0.2, 0.25) is 0 Å². The van der Waals surface area contributed by atoms with E-state index in [1.54, 1.807) is 31.2 Å². The minimum atomic E-state index is -0.959. The van der Waals surface area contributed by atoms with Crippen molar-refractivity contribution in [3.8, 4) is 5.75 Å². The average Bonchev–Trinajstić information content (AvgIpc) is 2.80. The van der Waals surface area contributed by atoms with Gasteiger partial charge in [-0.1, -0.05) is 18.2 Å². The topological polar surface area (TPSA) is 102 Å². The predicted octanol–water partition coefficient (Wildman–Crippen LogP) is 3.80. The summed E-state index contributed by atoms with van der Waals surface area (Å²) >= 11 is 0. The third kappa shape index (κ3) is 6.63. The SMILES string of the molecule is CCOC(Cc1ccc(OCCN2CC=C(c3ccc([N+](=O)[O-])cc3)CC2)cc1)C(=O)O. The Morgan fingerprint density at radius 3 is 2.47 bits per heavy atom.